The van der Waals surface area contributed by atoms with E-state index < -0.39 is 11.5 Å². The van der Waals surface area contributed by atoms with Gasteiger partial charge in [0.05, 0.1) is 26.3 Å². The minimum atomic E-state index is -0.654. The summed E-state index contributed by atoms with van der Waals surface area (Å²) in [7, 11) is 4.42. The van der Waals surface area contributed by atoms with Crippen molar-refractivity contribution in [3.63, 3.8) is 0 Å². The van der Waals surface area contributed by atoms with Crippen molar-refractivity contribution in [1.29, 1.82) is 0 Å². The fraction of sp³-hybridized carbons (Fsp3) is 0.444. The third-order valence-corrected chi connectivity index (χ3v) is 3.92. The Kier molecular flexibility index (Phi) is 5.84. The second kappa shape index (κ2) is 7.86. The number of nitrogens with zero attached hydrogens (tertiary/aromatic N) is 1. The Morgan fingerprint density at radius 3 is 2.58 bits per heavy atom. The van der Waals surface area contributed by atoms with E-state index in [1.165, 1.54) is 17.7 Å². The average molecular weight is 333 g/mol. The molecule has 1 aromatic heterocycles. The van der Waals surface area contributed by atoms with E-state index in [0.717, 1.165) is 19.3 Å². The van der Waals surface area contributed by atoms with Crippen LogP contribution in [0.3, 0.4) is 0 Å². The molecular formula is C18H23NO5. The summed E-state index contributed by atoms with van der Waals surface area (Å²) in [5.41, 5.74) is 0.166. The lowest BCUT2D eigenvalue weighted by Crippen LogP contribution is -2.25. The number of pyridine rings is 1. The van der Waals surface area contributed by atoms with Crippen LogP contribution in [0.5, 0.6) is 11.5 Å². The van der Waals surface area contributed by atoms with Crippen molar-refractivity contribution < 1.29 is 19.0 Å². The van der Waals surface area contributed by atoms with Gasteiger partial charge in [-0.1, -0.05) is 19.8 Å². The quantitative estimate of drug-likeness (QED) is 0.576. The number of aromatic nitrogens is 1. The number of hydrogen-bond acceptors (Lipinski definition) is 5. The number of fused-ring (bicyclic) bond motifs is 1. The summed E-state index contributed by atoms with van der Waals surface area (Å²) in [4.78, 5) is 24.3. The highest BCUT2D eigenvalue weighted by molar-refractivity contribution is 5.96. The van der Waals surface area contributed by atoms with Crippen molar-refractivity contribution in [2.75, 3.05) is 20.8 Å². The van der Waals surface area contributed by atoms with Gasteiger partial charge in [0.15, 0.2) is 11.5 Å². The lowest BCUT2D eigenvalue weighted by Gasteiger charge is -2.16. The molecule has 0 aliphatic carbocycles. The number of carbonyl (C=O) groups is 1. The maximum absolute atomic E-state index is 12.5. The van der Waals surface area contributed by atoms with E-state index in [9.17, 15) is 9.59 Å². The number of methoxy groups -OCH3 is 2. The van der Waals surface area contributed by atoms with Gasteiger partial charge < -0.3 is 18.8 Å². The molecule has 0 aliphatic heterocycles. The zero-order valence-corrected chi connectivity index (χ0v) is 14.5. The molecule has 1 aromatic carbocycles. The number of benzene rings is 1. The molecule has 0 N–H and O–H groups in total. The number of esters is 1. The van der Waals surface area contributed by atoms with Crippen LogP contribution in [0.4, 0.5) is 0 Å². The standard InChI is InChI=1S/C18H23NO5/c1-5-6-7-10-24-16-14(22-3)9-8-12-11-13(18(21)23-4)17(20)19(2)15(12)16/h8-9,11H,5-7,10H2,1-4H3. The van der Waals surface area contributed by atoms with Gasteiger partial charge in [-0.05, 0) is 24.6 Å². The highest BCUT2D eigenvalue weighted by Crippen LogP contribution is 2.35. The molecule has 0 amide bonds. The molecular weight excluding hydrogens is 310 g/mol. The van der Waals surface area contributed by atoms with E-state index in [2.05, 4.69) is 11.7 Å². The Hall–Kier alpha value is -2.50. The second-order valence-corrected chi connectivity index (χ2v) is 5.50. The number of carbonyl (C=O) groups excluding carboxylic acids is 1. The van der Waals surface area contributed by atoms with Gasteiger partial charge in [-0.2, -0.15) is 0 Å². The van der Waals surface area contributed by atoms with Crippen LogP contribution in [0.2, 0.25) is 0 Å². The summed E-state index contributed by atoms with van der Waals surface area (Å²) >= 11 is 0. The molecule has 2 rings (SSSR count). The molecule has 0 unspecified atom stereocenters. The monoisotopic (exact) mass is 333 g/mol. The lowest BCUT2D eigenvalue weighted by molar-refractivity contribution is 0.0598. The first kappa shape index (κ1) is 17.8. The van der Waals surface area contributed by atoms with Crippen molar-refractivity contribution in [3.8, 4) is 11.5 Å². The van der Waals surface area contributed by atoms with Gasteiger partial charge in [0.1, 0.15) is 5.56 Å². The minimum Gasteiger partial charge on any atom is -0.493 e. The molecule has 0 aliphatic rings. The van der Waals surface area contributed by atoms with E-state index in [1.54, 1.807) is 26.3 Å². The highest BCUT2D eigenvalue weighted by atomic mass is 16.5. The second-order valence-electron chi connectivity index (χ2n) is 5.50. The Labute approximate surface area is 140 Å². The Balaban J connectivity index is 2.60. The molecule has 6 heteroatoms. The summed E-state index contributed by atoms with van der Waals surface area (Å²) in [6, 6.07) is 5.09. The van der Waals surface area contributed by atoms with Crippen LogP contribution in [0.25, 0.3) is 10.9 Å². The first-order valence-electron chi connectivity index (χ1n) is 7.97. The molecule has 0 radical (unpaired) electrons. The van der Waals surface area contributed by atoms with Gasteiger partial charge in [0, 0.05) is 12.4 Å². The van der Waals surface area contributed by atoms with Gasteiger partial charge in [-0.15, -0.1) is 0 Å². The van der Waals surface area contributed by atoms with Gasteiger partial charge in [0.25, 0.3) is 5.56 Å². The van der Waals surface area contributed by atoms with E-state index >= 15 is 0 Å². The maximum Gasteiger partial charge on any atom is 0.343 e. The third-order valence-electron chi connectivity index (χ3n) is 3.92. The zero-order chi connectivity index (χ0) is 17.7. The molecule has 1 heterocycles. The predicted octanol–water partition coefficient (Wildman–Crippen LogP) is 2.90. The van der Waals surface area contributed by atoms with Crippen LogP contribution in [-0.4, -0.2) is 31.4 Å². The first-order valence-corrected chi connectivity index (χ1v) is 7.97. The predicted molar refractivity (Wildman–Crippen MR) is 92.1 cm³/mol. The number of ether oxygens (including phenoxy) is 3. The van der Waals surface area contributed by atoms with Crippen molar-refractivity contribution in [2.24, 2.45) is 7.05 Å². The van der Waals surface area contributed by atoms with E-state index in [0.29, 0.717) is 29.0 Å². The highest BCUT2D eigenvalue weighted by Gasteiger charge is 2.19. The normalized spacial score (nSPS) is 10.7. The number of unbranched alkanes of at least 4 members (excludes halogenated alkanes) is 2. The third kappa shape index (κ3) is 3.37. The molecule has 0 saturated carbocycles. The molecule has 0 bridgehead atoms. The molecule has 6 nitrogen and oxygen atoms in total. The smallest absolute Gasteiger partial charge is 0.343 e. The molecule has 0 fully saturated rings. The van der Waals surface area contributed by atoms with Gasteiger partial charge in [-0.3, -0.25) is 4.79 Å². The van der Waals surface area contributed by atoms with Crippen molar-refractivity contribution in [3.05, 3.63) is 34.1 Å². The van der Waals surface area contributed by atoms with Gasteiger partial charge in [-0.25, -0.2) is 4.79 Å². The summed E-state index contributed by atoms with van der Waals surface area (Å²) in [5, 5.41) is 0.712. The van der Waals surface area contributed by atoms with Crippen LogP contribution in [0.15, 0.2) is 23.0 Å². The van der Waals surface area contributed by atoms with Crippen LogP contribution in [-0.2, 0) is 11.8 Å². The van der Waals surface area contributed by atoms with Gasteiger partial charge >= 0.3 is 5.97 Å². The molecule has 0 atom stereocenters. The average Bonchev–Trinajstić information content (AvgIpc) is 2.60. The van der Waals surface area contributed by atoms with Crippen molar-refractivity contribution >= 4 is 16.9 Å². The molecule has 130 valence electrons. The van der Waals surface area contributed by atoms with Crippen LogP contribution in [0, 0.1) is 0 Å². The Morgan fingerprint density at radius 2 is 1.96 bits per heavy atom. The topological polar surface area (TPSA) is 66.8 Å². The van der Waals surface area contributed by atoms with E-state index in [-0.39, 0.29) is 5.56 Å². The number of aryl methyl sites for hydroxylation is 1. The fourth-order valence-corrected chi connectivity index (χ4v) is 2.61. The largest absolute Gasteiger partial charge is 0.493 e. The zero-order valence-electron chi connectivity index (χ0n) is 14.5. The molecule has 2 aromatic rings. The lowest BCUT2D eigenvalue weighted by atomic mass is 10.1. The van der Waals surface area contributed by atoms with Crippen molar-refractivity contribution in [2.45, 2.75) is 26.2 Å². The maximum atomic E-state index is 12.5. The van der Waals surface area contributed by atoms with E-state index in [1.807, 2.05) is 0 Å². The summed E-state index contributed by atoms with van der Waals surface area (Å²) in [6.45, 7) is 2.66. The molecule has 0 saturated heterocycles. The number of rotatable bonds is 7. The number of hydrogen-bond donors (Lipinski definition) is 0. The van der Waals surface area contributed by atoms with Crippen LogP contribution >= 0.6 is 0 Å². The SMILES string of the molecule is CCCCCOc1c(OC)ccc2cc(C(=O)OC)c(=O)n(C)c12. The van der Waals surface area contributed by atoms with Crippen LogP contribution < -0.4 is 15.0 Å². The summed E-state index contributed by atoms with van der Waals surface area (Å²) in [6.07, 6.45) is 3.08. The minimum absolute atomic E-state index is 0.00500. The summed E-state index contributed by atoms with van der Waals surface area (Å²) in [5.74, 6) is 0.417. The Bertz CT molecular complexity index is 794. The van der Waals surface area contributed by atoms with E-state index in [4.69, 9.17) is 9.47 Å². The first-order chi connectivity index (χ1) is 11.5. The fourth-order valence-electron chi connectivity index (χ4n) is 2.61. The summed E-state index contributed by atoms with van der Waals surface area (Å²) < 4.78 is 17.4. The molecule has 0 spiro atoms. The van der Waals surface area contributed by atoms with Crippen LogP contribution in [0.1, 0.15) is 36.5 Å². The molecule has 24 heavy (non-hydrogen) atoms. The Morgan fingerprint density at radius 1 is 1.21 bits per heavy atom. The van der Waals surface area contributed by atoms with Gasteiger partial charge in [0.2, 0.25) is 0 Å². The van der Waals surface area contributed by atoms with Crippen molar-refractivity contribution in [1.82, 2.24) is 4.57 Å².